The molecule has 0 spiro atoms. The number of amides is 1. The van der Waals surface area contributed by atoms with E-state index in [1.165, 1.54) is 13.2 Å². The van der Waals surface area contributed by atoms with E-state index in [4.69, 9.17) is 28.5 Å². The van der Waals surface area contributed by atoms with E-state index in [9.17, 15) is 24.5 Å². The topological polar surface area (TPSA) is 149 Å². The van der Waals surface area contributed by atoms with Gasteiger partial charge in [-0.05, 0) is 74.3 Å². The molecule has 13 heteroatoms. The molecule has 3 aliphatic rings. The number of aliphatic hydroxyl groups excluding tert-OH is 3. The highest BCUT2D eigenvalue weighted by atomic mass is 19.1. The van der Waals surface area contributed by atoms with Crippen LogP contribution in [0.25, 0.3) is 0 Å². The van der Waals surface area contributed by atoms with E-state index in [2.05, 4.69) is 17.8 Å². The Bertz CT molecular complexity index is 1620. The van der Waals surface area contributed by atoms with Gasteiger partial charge in [-0.25, -0.2) is 9.18 Å². The second kappa shape index (κ2) is 20.8. The summed E-state index contributed by atoms with van der Waals surface area (Å²) in [6.07, 6.45) is 7.95. The summed E-state index contributed by atoms with van der Waals surface area (Å²) in [7, 11) is 1.32. The Kier molecular flexibility index (Phi) is 15.9. The van der Waals surface area contributed by atoms with Gasteiger partial charge in [0.1, 0.15) is 36.6 Å². The van der Waals surface area contributed by atoms with Crippen molar-refractivity contribution in [1.29, 1.82) is 0 Å². The average molecular weight is 769 g/mol. The highest BCUT2D eigenvalue weighted by molar-refractivity contribution is 6.02. The van der Waals surface area contributed by atoms with Crippen molar-refractivity contribution in [3.8, 4) is 11.5 Å². The molecule has 5 rings (SSSR count). The fraction of sp³-hybridized carbons (Fsp3) is 0.571. The zero-order valence-electron chi connectivity index (χ0n) is 32.1. The molecule has 6 atom stereocenters. The normalized spacial score (nSPS) is 24.6. The molecule has 0 aromatic heterocycles. The molecular formula is C42H57FN2O10. The number of unbranched alkanes of at least 4 members (excludes halogenated alkanes) is 2. The zero-order chi connectivity index (χ0) is 39.2. The number of hydrogen-bond acceptors (Lipinski definition) is 11. The third-order valence-corrected chi connectivity index (χ3v) is 10.8. The van der Waals surface area contributed by atoms with Crippen LogP contribution in [-0.4, -0.2) is 104 Å². The number of aliphatic hydroxyl groups is 3. The van der Waals surface area contributed by atoms with Crippen LogP contribution in [0.5, 0.6) is 11.5 Å². The number of nitrogens with zero attached hydrogens (tertiary/aromatic N) is 2. The lowest BCUT2D eigenvalue weighted by atomic mass is 9.55. The third-order valence-electron chi connectivity index (χ3n) is 10.8. The molecular weight excluding hydrogens is 711 g/mol. The van der Waals surface area contributed by atoms with Crippen LogP contribution >= 0.6 is 0 Å². The maximum Gasteiger partial charge on any atom is 0.410 e. The molecule has 2 aromatic rings. The molecule has 1 amide bonds. The lowest BCUT2D eigenvalue weighted by Crippen LogP contribution is -2.70. The molecule has 0 bridgehead atoms. The van der Waals surface area contributed by atoms with Crippen molar-refractivity contribution in [1.82, 2.24) is 4.90 Å². The van der Waals surface area contributed by atoms with E-state index in [0.29, 0.717) is 42.2 Å². The summed E-state index contributed by atoms with van der Waals surface area (Å²) >= 11 is 0. The summed E-state index contributed by atoms with van der Waals surface area (Å²) in [6.45, 7) is 6.59. The smallest absolute Gasteiger partial charge is 0.410 e. The number of benzene rings is 2. The van der Waals surface area contributed by atoms with Crippen molar-refractivity contribution < 1.29 is 53.0 Å². The van der Waals surface area contributed by atoms with Crippen LogP contribution in [0.3, 0.4) is 0 Å². The van der Waals surface area contributed by atoms with Crippen molar-refractivity contribution in [3.05, 3.63) is 83.7 Å². The molecule has 0 radical (unpaired) electrons. The number of oxime groups is 1. The molecule has 1 heterocycles. The first-order valence-corrected chi connectivity index (χ1v) is 19.5. The third kappa shape index (κ3) is 9.69. The summed E-state index contributed by atoms with van der Waals surface area (Å²) in [6, 6.07) is 11.3. The van der Waals surface area contributed by atoms with Crippen LogP contribution < -0.4 is 9.47 Å². The van der Waals surface area contributed by atoms with Gasteiger partial charge in [0.2, 0.25) is 5.79 Å². The summed E-state index contributed by atoms with van der Waals surface area (Å²) in [5, 5.41) is 33.7. The Hall–Kier alpha value is -4.01. The van der Waals surface area contributed by atoms with Crippen LogP contribution in [0.4, 0.5) is 9.18 Å². The number of carbonyl (C=O) groups excluding carboxylic acids is 1. The van der Waals surface area contributed by atoms with Gasteiger partial charge in [0.25, 0.3) is 0 Å². The van der Waals surface area contributed by atoms with E-state index in [1.54, 1.807) is 35.2 Å². The van der Waals surface area contributed by atoms with E-state index in [0.717, 1.165) is 36.8 Å². The van der Waals surface area contributed by atoms with Gasteiger partial charge < -0.3 is 43.8 Å². The minimum Gasteiger partial charge on any atom is -0.489 e. The number of halogens is 1. The van der Waals surface area contributed by atoms with Crippen molar-refractivity contribution >= 4 is 11.8 Å². The highest BCUT2D eigenvalue weighted by Gasteiger charge is 2.65. The van der Waals surface area contributed by atoms with Gasteiger partial charge in [0.15, 0.2) is 0 Å². The van der Waals surface area contributed by atoms with Crippen LogP contribution in [0.15, 0.2) is 71.9 Å². The van der Waals surface area contributed by atoms with Crippen LogP contribution in [0, 0.1) is 23.6 Å². The molecule has 6 unspecified atom stereocenters. The molecule has 0 saturated heterocycles. The van der Waals surface area contributed by atoms with Crippen molar-refractivity contribution in [2.45, 2.75) is 76.2 Å². The lowest BCUT2D eigenvalue weighted by molar-refractivity contribution is -0.255. The Morgan fingerprint density at radius 2 is 1.85 bits per heavy atom. The molecule has 1 fully saturated rings. The van der Waals surface area contributed by atoms with Gasteiger partial charge in [-0.15, -0.1) is 6.58 Å². The maximum atomic E-state index is 14.6. The number of allylic oxidation sites excluding steroid dienone is 1. The van der Waals surface area contributed by atoms with Gasteiger partial charge in [0, 0.05) is 43.2 Å². The quantitative estimate of drug-likeness (QED) is 0.0726. The number of ether oxygens (including phenoxy) is 5. The molecule has 3 N–H and O–H groups in total. The first-order chi connectivity index (χ1) is 26.9. The van der Waals surface area contributed by atoms with Crippen molar-refractivity contribution in [3.63, 3.8) is 0 Å². The standard InChI is InChI=1S/C42H57FN2O10/c1-4-22-53-42-38(45(41(49)50-3)18-23-51-24-21-48)27-36(44-54-5-2)33-25-29(12-8-10-19-46)32(14-9-11-20-47)39(40(33)42)34-26-31(16-17-37(34)55-42)52-28-30-13-6-7-15-35(30)43/h4,6-7,13,15-17,25-26,29,32,38-40,46-48H,1,5,8-12,14,18-24,27-28H2,2-3H3. The van der Waals surface area contributed by atoms with Gasteiger partial charge in [-0.3, -0.25) is 4.90 Å². The molecule has 1 saturated carbocycles. The van der Waals surface area contributed by atoms with Crippen LogP contribution in [0.1, 0.15) is 68.9 Å². The van der Waals surface area contributed by atoms with Gasteiger partial charge in [-0.2, -0.15) is 0 Å². The summed E-state index contributed by atoms with van der Waals surface area (Å²) < 4.78 is 45.9. The Balaban J connectivity index is 1.73. The molecule has 2 aromatic carbocycles. The molecule has 12 nitrogen and oxygen atoms in total. The number of hydrogen-bond donors (Lipinski definition) is 3. The van der Waals surface area contributed by atoms with Crippen molar-refractivity contribution in [2.24, 2.45) is 22.9 Å². The fourth-order valence-corrected chi connectivity index (χ4v) is 8.48. The molecule has 2 aliphatic carbocycles. The Labute approximate surface area is 323 Å². The van der Waals surface area contributed by atoms with Crippen molar-refractivity contribution in [2.75, 3.05) is 59.9 Å². The minimum atomic E-state index is -1.46. The summed E-state index contributed by atoms with van der Waals surface area (Å²) in [5.74, 6) is -1.42. The Morgan fingerprint density at radius 3 is 2.56 bits per heavy atom. The van der Waals surface area contributed by atoms with E-state index >= 15 is 0 Å². The largest absolute Gasteiger partial charge is 0.489 e. The maximum absolute atomic E-state index is 14.6. The monoisotopic (exact) mass is 768 g/mol. The van der Waals surface area contributed by atoms with Crippen LogP contribution in [-0.2, 0) is 25.7 Å². The number of rotatable bonds is 22. The molecule has 55 heavy (non-hydrogen) atoms. The highest BCUT2D eigenvalue weighted by Crippen LogP contribution is 2.62. The van der Waals surface area contributed by atoms with Gasteiger partial charge in [0.05, 0.1) is 45.2 Å². The number of methoxy groups -OCH3 is 1. The first-order valence-electron chi connectivity index (χ1n) is 19.5. The second-order valence-corrected chi connectivity index (χ2v) is 14.1. The fourth-order valence-electron chi connectivity index (χ4n) is 8.48. The SMILES string of the molecule is C=CCOC12Oc3ccc(OCc4ccccc4F)cc3C3C(CCCCO)C(CCCCO)C=C(C(=NOCC)CC1N(CCOCCO)C(=O)OC)C32. The summed E-state index contributed by atoms with van der Waals surface area (Å²) in [4.78, 5) is 21.1. The lowest BCUT2D eigenvalue weighted by Gasteiger charge is -2.59. The number of fused-ring (bicyclic) bond motifs is 2. The van der Waals surface area contributed by atoms with Gasteiger partial charge >= 0.3 is 6.09 Å². The molecule has 1 aliphatic heterocycles. The first kappa shape index (κ1) is 42.1. The van der Waals surface area contributed by atoms with E-state index in [-0.39, 0.29) is 82.8 Å². The van der Waals surface area contributed by atoms with Crippen LogP contribution in [0.2, 0.25) is 0 Å². The zero-order valence-corrected chi connectivity index (χ0v) is 32.1. The van der Waals surface area contributed by atoms with E-state index in [1.807, 2.05) is 19.1 Å². The molecule has 302 valence electrons. The van der Waals surface area contributed by atoms with E-state index < -0.39 is 23.8 Å². The second-order valence-electron chi connectivity index (χ2n) is 14.1. The minimum absolute atomic E-state index is 0.0155. The average Bonchev–Trinajstić information content (AvgIpc) is 3.20. The predicted octanol–water partition coefficient (Wildman–Crippen LogP) is 6.14. The summed E-state index contributed by atoms with van der Waals surface area (Å²) in [5.41, 5.74) is 2.87. The van der Waals surface area contributed by atoms with Gasteiger partial charge in [-0.1, -0.05) is 48.3 Å². The Morgan fingerprint density at radius 1 is 1.07 bits per heavy atom. The predicted molar refractivity (Wildman–Crippen MR) is 204 cm³/mol. The number of carbonyl (C=O) groups is 1.